The van der Waals surface area contributed by atoms with Crippen LogP contribution in [0.4, 0.5) is 0 Å². The van der Waals surface area contributed by atoms with Crippen molar-refractivity contribution in [1.82, 2.24) is 19.5 Å². The van der Waals surface area contributed by atoms with Crippen LogP contribution in [0.5, 0.6) is 0 Å². The van der Waals surface area contributed by atoms with Gasteiger partial charge in [-0.05, 0) is 69.9 Å². The lowest BCUT2D eigenvalue weighted by molar-refractivity contribution is 1.07. The summed E-state index contributed by atoms with van der Waals surface area (Å²) < 4.78 is 2.40. The standard InChI is InChI=1S/C44H25N5/c45-26-27-19-21-30(22-20-27)43-46-42(29-9-2-1-3-10-29)47-44(48-43)31-13-6-14-32(25-31)49-38-18-5-4-15-33(38)36-24-23-35-34-16-7-11-28-12-8-17-37(39(28)34)40(35)41(36)49/h1-25H. The van der Waals surface area contributed by atoms with Crippen molar-refractivity contribution in [2.75, 3.05) is 0 Å². The molecule has 0 aliphatic heterocycles. The second-order valence-electron chi connectivity index (χ2n) is 12.4. The summed E-state index contributed by atoms with van der Waals surface area (Å²) in [4.78, 5) is 14.9. The zero-order valence-electron chi connectivity index (χ0n) is 26.2. The van der Waals surface area contributed by atoms with E-state index in [1.807, 2.05) is 42.5 Å². The molecule has 1 aliphatic carbocycles. The van der Waals surface area contributed by atoms with Crippen molar-refractivity contribution in [2.45, 2.75) is 0 Å². The minimum Gasteiger partial charge on any atom is -0.309 e. The molecule has 0 saturated heterocycles. The van der Waals surface area contributed by atoms with Gasteiger partial charge in [0.25, 0.3) is 0 Å². The molecule has 0 radical (unpaired) electrons. The zero-order valence-corrected chi connectivity index (χ0v) is 26.2. The summed E-state index contributed by atoms with van der Waals surface area (Å²) in [6.45, 7) is 0. The first-order valence-electron chi connectivity index (χ1n) is 16.3. The summed E-state index contributed by atoms with van der Waals surface area (Å²) in [5.74, 6) is 1.73. The third-order valence-electron chi connectivity index (χ3n) is 9.60. The van der Waals surface area contributed by atoms with Crippen LogP contribution in [0.25, 0.3) is 94.7 Å². The first kappa shape index (κ1) is 27.2. The van der Waals surface area contributed by atoms with Crippen molar-refractivity contribution in [3.05, 3.63) is 157 Å². The molecule has 0 bridgehead atoms. The van der Waals surface area contributed by atoms with Gasteiger partial charge in [0.15, 0.2) is 17.5 Å². The van der Waals surface area contributed by atoms with Gasteiger partial charge < -0.3 is 4.57 Å². The topological polar surface area (TPSA) is 67.4 Å². The maximum absolute atomic E-state index is 9.36. The zero-order chi connectivity index (χ0) is 32.5. The fraction of sp³-hybridized carbons (Fsp3) is 0. The maximum atomic E-state index is 9.36. The van der Waals surface area contributed by atoms with Crippen LogP contribution in [-0.4, -0.2) is 19.5 Å². The minimum absolute atomic E-state index is 0.555. The van der Waals surface area contributed by atoms with E-state index in [0.717, 1.165) is 27.9 Å². The van der Waals surface area contributed by atoms with Crippen LogP contribution >= 0.6 is 0 Å². The molecule has 5 nitrogen and oxygen atoms in total. The highest BCUT2D eigenvalue weighted by molar-refractivity contribution is 6.24. The van der Waals surface area contributed by atoms with Gasteiger partial charge in [0, 0.05) is 38.7 Å². The van der Waals surface area contributed by atoms with E-state index in [2.05, 4.69) is 108 Å². The van der Waals surface area contributed by atoms with E-state index in [1.165, 1.54) is 49.3 Å². The Hall–Kier alpha value is -6.90. The van der Waals surface area contributed by atoms with E-state index < -0.39 is 0 Å². The largest absolute Gasteiger partial charge is 0.309 e. The van der Waals surface area contributed by atoms with Crippen LogP contribution in [0.3, 0.4) is 0 Å². The number of hydrogen-bond acceptors (Lipinski definition) is 4. The molecule has 2 aromatic heterocycles. The van der Waals surface area contributed by atoms with Gasteiger partial charge in [0.2, 0.25) is 0 Å². The molecular formula is C44H25N5. The van der Waals surface area contributed by atoms with E-state index in [4.69, 9.17) is 15.0 Å². The molecule has 7 aromatic carbocycles. The molecule has 0 N–H and O–H groups in total. The van der Waals surface area contributed by atoms with Gasteiger partial charge in [-0.3, -0.25) is 0 Å². The summed E-state index contributed by atoms with van der Waals surface area (Å²) in [5.41, 5.74) is 11.6. The summed E-state index contributed by atoms with van der Waals surface area (Å²) in [6.07, 6.45) is 0. The lowest BCUT2D eigenvalue weighted by atomic mass is 10.00. The molecule has 0 unspecified atom stereocenters. The normalized spacial score (nSPS) is 11.7. The van der Waals surface area contributed by atoms with Crippen LogP contribution < -0.4 is 0 Å². The van der Waals surface area contributed by atoms with Crippen LogP contribution in [-0.2, 0) is 0 Å². The highest BCUT2D eigenvalue weighted by Gasteiger charge is 2.27. The average molecular weight is 624 g/mol. The van der Waals surface area contributed by atoms with Crippen molar-refractivity contribution in [1.29, 1.82) is 5.26 Å². The Balaban J connectivity index is 1.22. The monoisotopic (exact) mass is 623 g/mol. The quantitative estimate of drug-likeness (QED) is 0.196. The first-order valence-corrected chi connectivity index (χ1v) is 16.3. The Morgan fingerprint density at radius 1 is 0.490 bits per heavy atom. The van der Waals surface area contributed by atoms with Gasteiger partial charge in [-0.2, -0.15) is 5.26 Å². The molecule has 0 amide bonds. The van der Waals surface area contributed by atoms with Crippen LogP contribution in [0, 0.1) is 11.3 Å². The van der Waals surface area contributed by atoms with Crippen molar-refractivity contribution in [3.8, 4) is 68.2 Å². The van der Waals surface area contributed by atoms with Crippen molar-refractivity contribution in [3.63, 3.8) is 0 Å². The van der Waals surface area contributed by atoms with Crippen LogP contribution in [0.15, 0.2) is 152 Å². The second kappa shape index (κ2) is 10.6. The van der Waals surface area contributed by atoms with Crippen molar-refractivity contribution >= 4 is 32.6 Å². The summed E-state index contributed by atoms with van der Waals surface area (Å²) in [5, 5.41) is 14.4. The molecule has 49 heavy (non-hydrogen) atoms. The van der Waals surface area contributed by atoms with Crippen molar-refractivity contribution < 1.29 is 0 Å². The second-order valence-corrected chi connectivity index (χ2v) is 12.4. The fourth-order valence-electron chi connectivity index (χ4n) is 7.43. The Labute approximate surface area is 282 Å². The fourth-order valence-corrected chi connectivity index (χ4v) is 7.43. The number of benzene rings is 7. The number of nitriles is 1. The van der Waals surface area contributed by atoms with Gasteiger partial charge in [-0.15, -0.1) is 0 Å². The smallest absolute Gasteiger partial charge is 0.164 e. The molecule has 5 heteroatoms. The molecule has 0 saturated carbocycles. The predicted molar refractivity (Wildman–Crippen MR) is 197 cm³/mol. The predicted octanol–water partition coefficient (Wildman–Crippen LogP) is 10.6. The summed E-state index contributed by atoms with van der Waals surface area (Å²) >= 11 is 0. The Bertz CT molecular complexity index is 2820. The van der Waals surface area contributed by atoms with Gasteiger partial charge in [0.1, 0.15) is 0 Å². The third kappa shape index (κ3) is 4.15. The highest BCUT2D eigenvalue weighted by atomic mass is 15.0. The Morgan fingerprint density at radius 2 is 1.14 bits per heavy atom. The van der Waals surface area contributed by atoms with Gasteiger partial charge >= 0.3 is 0 Å². The molecule has 226 valence electrons. The van der Waals surface area contributed by atoms with Crippen LogP contribution in [0.2, 0.25) is 0 Å². The summed E-state index contributed by atoms with van der Waals surface area (Å²) in [6, 6.07) is 54.5. The Morgan fingerprint density at radius 3 is 1.92 bits per heavy atom. The third-order valence-corrected chi connectivity index (χ3v) is 9.60. The average Bonchev–Trinajstić information content (AvgIpc) is 3.69. The van der Waals surface area contributed by atoms with Gasteiger partial charge in [-0.1, -0.05) is 109 Å². The molecule has 2 heterocycles. The Kier molecular flexibility index (Phi) is 5.87. The molecule has 9 aromatic rings. The van der Waals surface area contributed by atoms with E-state index in [1.54, 1.807) is 12.1 Å². The molecule has 0 spiro atoms. The number of para-hydroxylation sites is 1. The SMILES string of the molecule is N#Cc1ccc(-c2nc(-c3ccccc3)nc(-c3cccc(-n4c5ccccc5c5ccc6c(c54)-c4cccc5cccc-6c45)c3)n2)cc1. The lowest BCUT2D eigenvalue weighted by Crippen LogP contribution is -2.01. The summed E-state index contributed by atoms with van der Waals surface area (Å²) in [7, 11) is 0. The van der Waals surface area contributed by atoms with E-state index in [0.29, 0.717) is 23.0 Å². The van der Waals surface area contributed by atoms with Crippen molar-refractivity contribution in [2.24, 2.45) is 0 Å². The van der Waals surface area contributed by atoms with Gasteiger partial charge in [0.05, 0.1) is 22.7 Å². The number of nitrogens with zero attached hydrogens (tertiary/aromatic N) is 5. The molecule has 10 rings (SSSR count). The van der Waals surface area contributed by atoms with E-state index >= 15 is 0 Å². The lowest BCUT2D eigenvalue weighted by Gasteiger charge is -2.14. The minimum atomic E-state index is 0.555. The maximum Gasteiger partial charge on any atom is 0.164 e. The first-order chi connectivity index (χ1) is 24.2. The molecular weight excluding hydrogens is 599 g/mol. The van der Waals surface area contributed by atoms with E-state index in [-0.39, 0.29) is 0 Å². The molecule has 1 aliphatic rings. The number of hydrogen-bond donors (Lipinski definition) is 0. The molecule has 0 atom stereocenters. The number of rotatable bonds is 4. The number of aromatic nitrogens is 4. The van der Waals surface area contributed by atoms with E-state index in [9.17, 15) is 5.26 Å². The van der Waals surface area contributed by atoms with Crippen LogP contribution in [0.1, 0.15) is 5.56 Å². The number of fused-ring (bicyclic) bond motifs is 7. The highest BCUT2D eigenvalue weighted by Crippen LogP contribution is 2.52. The molecule has 0 fully saturated rings. The van der Waals surface area contributed by atoms with Gasteiger partial charge in [-0.25, -0.2) is 15.0 Å².